The van der Waals surface area contributed by atoms with E-state index in [1.165, 1.54) is 17.0 Å². The van der Waals surface area contributed by atoms with Gasteiger partial charge in [-0.2, -0.15) is 0 Å². The lowest BCUT2D eigenvalue weighted by Crippen LogP contribution is -2.52. The number of nitrogens with one attached hydrogen (secondary N) is 2. The second kappa shape index (κ2) is 9.73. The van der Waals surface area contributed by atoms with Gasteiger partial charge in [0.05, 0.1) is 0 Å². The van der Waals surface area contributed by atoms with Gasteiger partial charge in [0.2, 0.25) is 11.8 Å². The van der Waals surface area contributed by atoms with Gasteiger partial charge in [-0.15, -0.1) is 0 Å². The first-order valence-electron chi connectivity index (χ1n) is 12.0. The van der Waals surface area contributed by atoms with Crippen LogP contribution in [0.2, 0.25) is 0 Å². The molecular weight excluding hydrogens is 456 g/mol. The molecule has 1 aliphatic carbocycles. The molecule has 184 valence electrons. The van der Waals surface area contributed by atoms with Crippen molar-refractivity contribution in [2.75, 3.05) is 0 Å². The zero-order valence-corrected chi connectivity index (χ0v) is 19.2. The normalized spacial score (nSPS) is 24.3. The van der Waals surface area contributed by atoms with Gasteiger partial charge >= 0.3 is 0 Å². The fourth-order valence-electron chi connectivity index (χ4n) is 5.18. The molecule has 7 nitrogen and oxygen atoms in total. The maximum Gasteiger partial charge on any atom is 0.255 e. The van der Waals surface area contributed by atoms with Gasteiger partial charge < -0.3 is 15.0 Å². The summed E-state index contributed by atoms with van der Waals surface area (Å²) in [5.74, 6) is -1.52. The molecule has 3 amide bonds. The number of hydrogen-bond donors (Lipinski definition) is 2. The first-order chi connectivity index (χ1) is 16.9. The minimum Gasteiger partial charge on any atom is -0.489 e. The summed E-state index contributed by atoms with van der Waals surface area (Å²) in [4.78, 5) is 38.1. The van der Waals surface area contributed by atoms with Gasteiger partial charge in [0.25, 0.3) is 5.91 Å². The lowest BCUT2D eigenvalue weighted by molar-refractivity contribution is -0.136. The van der Waals surface area contributed by atoms with E-state index in [1.54, 1.807) is 12.1 Å². The van der Waals surface area contributed by atoms with Crippen molar-refractivity contribution in [2.24, 2.45) is 0 Å². The number of ether oxygens (including phenoxy) is 1. The highest BCUT2D eigenvalue weighted by Gasteiger charge is 2.39. The van der Waals surface area contributed by atoms with Crippen LogP contribution < -0.4 is 15.4 Å². The van der Waals surface area contributed by atoms with Crippen LogP contribution in [0.25, 0.3) is 0 Å². The summed E-state index contributed by atoms with van der Waals surface area (Å²) >= 11 is 0. The Kier molecular flexibility index (Phi) is 6.51. The predicted octanol–water partition coefficient (Wildman–Crippen LogP) is 3.21. The smallest absolute Gasteiger partial charge is 0.255 e. The van der Waals surface area contributed by atoms with Gasteiger partial charge in [0.15, 0.2) is 0 Å². The monoisotopic (exact) mass is 483 g/mol. The minimum atomic E-state index is -0.657. The molecule has 35 heavy (non-hydrogen) atoms. The lowest BCUT2D eigenvalue weighted by atomic mass is 9.92. The van der Waals surface area contributed by atoms with E-state index in [0.29, 0.717) is 23.3 Å². The highest BCUT2D eigenvalue weighted by molar-refractivity contribution is 6.05. The van der Waals surface area contributed by atoms with E-state index in [-0.39, 0.29) is 43.5 Å². The van der Waals surface area contributed by atoms with E-state index < -0.39 is 23.6 Å². The molecular formula is C26H27F2N3O4. The van der Waals surface area contributed by atoms with E-state index in [1.807, 2.05) is 6.07 Å². The number of amides is 3. The average Bonchev–Trinajstić information content (AvgIpc) is 3.15. The molecule has 0 bridgehead atoms. The molecule has 0 spiro atoms. The van der Waals surface area contributed by atoms with Crippen LogP contribution in [-0.4, -0.2) is 40.8 Å². The van der Waals surface area contributed by atoms with E-state index in [2.05, 4.69) is 10.6 Å². The number of imide groups is 1. The van der Waals surface area contributed by atoms with Crippen LogP contribution in [-0.2, 0) is 22.7 Å². The molecule has 1 saturated carbocycles. The SMILES string of the molecule is O=C1CCC(N2Cc3cc(OC4CCCCC4NCc4ccc(F)cc4F)ccc3C2=O)C(=O)N1. The van der Waals surface area contributed by atoms with E-state index in [0.717, 1.165) is 37.3 Å². The Balaban J connectivity index is 1.25. The zero-order valence-electron chi connectivity index (χ0n) is 19.2. The Labute approximate surface area is 201 Å². The molecule has 0 aromatic heterocycles. The van der Waals surface area contributed by atoms with E-state index in [4.69, 9.17) is 4.74 Å². The number of carbonyl (C=O) groups excluding carboxylic acids is 3. The summed E-state index contributed by atoms with van der Waals surface area (Å²) < 4.78 is 33.5. The second-order valence-electron chi connectivity index (χ2n) is 9.38. The average molecular weight is 484 g/mol. The quantitative estimate of drug-likeness (QED) is 0.617. The Morgan fingerprint density at radius 3 is 2.66 bits per heavy atom. The third-order valence-corrected chi connectivity index (χ3v) is 7.05. The van der Waals surface area contributed by atoms with Crippen molar-refractivity contribution < 1.29 is 27.9 Å². The van der Waals surface area contributed by atoms with Crippen LogP contribution in [0.5, 0.6) is 5.75 Å². The highest BCUT2D eigenvalue weighted by atomic mass is 19.1. The molecule has 2 heterocycles. The molecule has 9 heteroatoms. The Hall–Kier alpha value is -3.33. The first kappa shape index (κ1) is 23.4. The molecule has 3 unspecified atom stereocenters. The lowest BCUT2D eigenvalue weighted by Gasteiger charge is -2.33. The zero-order chi connectivity index (χ0) is 24.5. The number of fused-ring (bicyclic) bond motifs is 1. The number of halogens is 2. The van der Waals surface area contributed by atoms with Crippen molar-refractivity contribution in [3.8, 4) is 5.75 Å². The van der Waals surface area contributed by atoms with E-state index >= 15 is 0 Å². The topological polar surface area (TPSA) is 87.7 Å². The Morgan fingerprint density at radius 1 is 1.03 bits per heavy atom. The number of hydrogen-bond acceptors (Lipinski definition) is 5. The van der Waals surface area contributed by atoms with Crippen LogP contribution >= 0.6 is 0 Å². The molecule has 2 aliphatic heterocycles. The molecule has 1 saturated heterocycles. The van der Waals surface area contributed by atoms with Crippen LogP contribution in [0.15, 0.2) is 36.4 Å². The Morgan fingerprint density at radius 2 is 1.86 bits per heavy atom. The number of piperidine rings is 1. The number of nitrogens with zero attached hydrogens (tertiary/aromatic N) is 1. The molecule has 3 aliphatic rings. The van der Waals surface area contributed by atoms with Crippen LogP contribution in [0.4, 0.5) is 8.78 Å². The maximum atomic E-state index is 14.0. The molecule has 5 rings (SSSR count). The van der Waals surface area contributed by atoms with E-state index in [9.17, 15) is 23.2 Å². The first-order valence-corrected chi connectivity index (χ1v) is 12.0. The van der Waals surface area contributed by atoms with Crippen LogP contribution in [0.1, 0.15) is 60.0 Å². The molecule has 2 fully saturated rings. The fourth-order valence-corrected chi connectivity index (χ4v) is 5.18. The van der Waals surface area contributed by atoms with Crippen LogP contribution in [0, 0.1) is 11.6 Å². The summed E-state index contributed by atoms with van der Waals surface area (Å²) in [5, 5.41) is 5.67. The third-order valence-electron chi connectivity index (χ3n) is 7.05. The third kappa shape index (κ3) is 4.91. The van der Waals surface area contributed by atoms with Crippen LogP contribution in [0.3, 0.4) is 0 Å². The predicted molar refractivity (Wildman–Crippen MR) is 122 cm³/mol. The number of carbonyl (C=O) groups is 3. The van der Waals surface area contributed by atoms with Crippen molar-refractivity contribution >= 4 is 17.7 Å². The van der Waals surface area contributed by atoms with Gasteiger partial charge in [0.1, 0.15) is 29.5 Å². The fraction of sp³-hybridized carbons (Fsp3) is 0.423. The standard InChI is InChI=1S/C26H27F2N3O4/c27-17-6-5-15(20(28)12-17)13-29-21-3-1-2-4-23(21)35-18-7-8-19-16(11-18)14-31(26(19)34)22-9-10-24(32)30-25(22)33/h5-8,11-12,21-23,29H,1-4,9-10,13-14H2,(H,30,32,33). The summed E-state index contributed by atoms with van der Waals surface area (Å²) in [7, 11) is 0. The summed E-state index contributed by atoms with van der Waals surface area (Å²) in [5.41, 5.74) is 1.72. The number of rotatable bonds is 6. The van der Waals surface area contributed by atoms with Crippen molar-refractivity contribution in [1.82, 2.24) is 15.5 Å². The highest BCUT2D eigenvalue weighted by Crippen LogP contribution is 2.32. The summed E-state index contributed by atoms with van der Waals surface area (Å²) in [6, 6.07) is 8.24. The maximum absolute atomic E-state index is 14.0. The molecule has 3 atom stereocenters. The van der Waals surface area contributed by atoms with Crippen molar-refractivity contribution in [3.63, 3.8) is 0 Å². The molecule has 2 N–H and O–H groups in total. The van der Waals surface area contributed by atoms with Gasteiger partial charge in [-0.05, 0) is 55.5 Å². The largest absolute Gasteiger partial charge is 0.489 e. The van der Waals surface area contributed by atoms with Gasteiger partial charge in [0, 0.05) is 42.7 Å². The molecule has 2 aromatic rings. The second-order valence-corrected chi connectivity index (χ2v) is 9.38. The van der Waals surface area contributed by atoms with Gasteiger partial charge in [-0.3, -0.25) is 19.7 Å². The van der Waals surface area contributed by atoms with Crippen molar-refractivity contribution in [3.05, 3.63) is 64.7 Å². The van der Waals surface area contributed by atoms with Gasteiger partial charge in [-0.1, -0.05) is 12.5 Å². The summed E-state index contributed by atoms with van der Waals surface area (Å²) in [6.45, 7) is 0.560. The van der Waals surface area contributed by atoms with Crippen molar-refractivity contribution in [2.45, 2.75) is 69.8 Å². The minimum absolute atomic E-state index is 0.00283. The van der Waals surface area contributed by atoms with Gasteiger partial charge in [-0.25, -0.2) is 8.78 Å². The summed E-state index contributed by atoms with van der Waals surface area (Å²) in [6.07, 6.45) is 4.15. The Bertz CT molecular complexity index is 1170. The molecule has 2 aromatic carbocycles. The molecule has 0 radical (unpaired) electrons. The van der Waals surface area contributed by atoms with Crippen molar-refractivity contribution in [1.29, 1.82) is 0 Å². The number of benzene rings is 2.